The summed E-state index contributed by atoms with van der Waals surface area (Å²) in [5, 5.41) is 16.4. The number of nitrogens with one attached hydrogen (secondary N) is 6. The summed E-state index contributed by atoms with van der Waals surface area (Å²) in [7, 11) is 0. The van der Waals surface area contributed by atoms with Crippen molar-refractivity contribution in [2.45, 2.75) is 97.2 Å². The molecular formula is C33H53Br9N6O9. The van der Waals surface area contributed by atoms with Crippen LogP contribution < -0.4 is 31.9 Å². The molecule has 0 saturated heterocycles. The van der Waals surface area contributed by atoms with E-state index in [2.05, 4.69) is 175 Å². The van der Waals surface area contributed by atoms with Crippen LogP contribution in [0.2, 0.25) is 0 Å². The maximum absolute atomic E-state index is 12.7. The number of hydrogen-bond donors (Lipinski definition) is 6. The summed E-state index contributed by atoms with van der Waals surface area (Å²) in [4.78, 5) is 75.1. The van der Waals surface area contributed by atoms with Crippen LogP contribution in [0.3, 0.4) is 0 Å². The summed E-state index contributed by atoms with van der Waals surface area (Å²) >= 11 is 28.3. The first-order valence-corrected chi connectivity index (χ1v) is 24.7. The molecule has 0 saturated carbocycles. The zero-order valence-corrected chi connectivity index (χ0v) is 47.0. The minimum absolute atomic E-state index is 0.296. The fourth-order valence-electron chi connectivity index (χ4n) is 4.32. The number of amides is 6. The number of alkyl halides is 9. The van der Waals surface area contributed by atoms with Gasteiger partial charge in [0, 0.05) is 44.9 Å². The lowest BCUT2D eigenvalue weighted by atomic mass is 9.88. The van der Waals surface area contributed by atoms with Gasteiger partial charge in [0.15, 0.2) is 0 Å². The summed E-state index contributed by atoms with van der Waals surface area (Å²) in [5.41, 5.74) is -4.04. The molecule has 332 valence electrons. The Balaban J connectivity index is 5.21. The van der Waals surface area contributed by atoms with Crippen molar-refractivity contribution in [2.75, 3.05) is 59.3 Å². The lowest BCUT2D eigenvalue weighted by molar-refractivity contribution is -0.131. The minimum Gasteiger partial charge on any atom is -0.381 e. The molecule has 0 aliphatic carbocycles. The van der Waals surface area contributed by atoms with Gasteiger partial charge in [-0.25, -0.2) is 0 Å². The second-order valence-corrected chi connectivity index (χ2v) is 34.9. The molecule has 0 atom stereocenters. The van der Waals surface area contributed by atoms with E-state index in [1.807, 2.05) is 6.92 Å². The van der Waals surface area contributed by atoms with Crippen LogP contribution in [0.15, 0.2) is 0 Å². The van der Waals surface area contributed by atoms with Crippen molar-refractivity contribution in [2.24, 2.45) is 5.41 Å². The fourth-order valence-corrected chi connectivity index (χ4v) is 5.22. The summed E-state index contributed by atoms with van der Waals surface area (Å²) in [6.45, 7) is 14.4. The first-order valence-electron chi connectivity index (χ1n) is 17.6. The van der Waals surface area contributed by atoms with Gasteiger partial charge in [-0.15, -0.1) is 0 Å². The van der Waals surface area contributed by atoms with Crippen LogP contribution >= 0.6 is 143 Å². The highest BCUT2D eigenvalue weighted by Crippen LogP contribution is 2.35. The Kier molecular flexibility index (Phi) is 26.4. The second kappa shape index (κ2) is 26.0. The van der Waals surface area contributed by atoms with E-state index in [9.17, 15) is 28.8 Å². The molecule has 0 aliphatic rings. The highest BCUT2D eigenvalue weighted by molar-refractivity contribution is 9.40. The van der Waals surface area contributed by atoms with Crippen LogP contribution in [0.1, 0.15) is 74.1 Å². The average molecular weight is 1400 g/mol. The van der Waals surface area contributed by atoms with Gasteiger partial charge in [0.25, 0.3) is 17.7 Å². The Morgan fingerprint density at radius 1 is 0.421 bits per heavy atom. The van der Waals surface area contributed by atoms with Gasteiger partial charge in [-0.3, -0.25) is 28.8 Å². The maximum Gasteiger partial charge on any atom is 0.259 e. The lowest BCUT2D eigenvalue weighted by Crippen LogP contribution is -2.57. The zero-order chi connectivity index (χ0) is 44.5. The Labute approximate surface area is 411 Å². The predicted molar refractivity (Wildman–Crippen MR) is 253 cm³/mol. The van der Waals surface area contributed by atoms with E-state index in [0.29, 0.717) is 85.0 Å². The molecular weight excluding hydrogens is 1340 g/mol. The third kappa shape index (κ3) is 23.9. The van der Waals surface area contributed by atoms with Gasteiger partial charge in [-0.2, -0.15) is 0 Å². The maximum atomic E-state index is 12.7. The molecule has 0 spiro atoms. The van der Waals surface area contributed by atoms with E-state index in [0.717, 1.165) is 0 Å². The van der Waals surface area contributed by atoms with Crippen LogP contribution in [0.5, 0.6) is 0 Å². The first-order chi connectivity index (χ1) is 25.8. The molecule has 0 heterocycles. The van der Waals surface area contributed by atoms with Gasteiger partial charge in [-0.1, -0.05) is 6.92 Å². The van der Waals surface area contributed by atoms with Gasteiger partial charge in [-0.05, 0) is 211 Å². The molecule has 0 aromatic rings. The molecule has 0 aliphatic heterocycles. The number of carbonyl (C=O) groups excluding carboxylic acids is 6. The summed E-state index contributed by atoms with van der Waals surface area (Å²) in [6, 6.07) is 0. The van der Waals surface area contributed by atoms with E-state index >= 15 is 0 Å². The molecule has 6 N–H and O–H groups in total. The lowest BCUT2D eigenvalue weighted by Gasteiger charge is -2.32. The number of carbonyl (C=O) groups is 6. The van der Waals surface area contributed by atoms with Gasteiger partial charge in [0.05, 0.1) is 19.8 Å². The molecule has 0 aromatic carbocycles. The fraction of sp³-hybridized carbons (Fsp3) is 0.818. The highest BCUT2D eigenvalue weighted by atomic mass is 80.0. The van der Waals surface area contributed by atoms with Crippen LogP contribution in [0, 0.1) is 5.41 Å². The predicted octanol–water partition coefficient (Wildman–Crippen LogP) is 6.15. The third-order valence-corrected chi connectivity index (χ3v) is 11.2. The Morgan fingerprint density at radius 2 is 0.649 bits per heavy atom. The van der Waals surface area contributed by atoms with E-state index in [-0.39, 0.29) is 17.7 Å². The quantitative estimate of drug-likeness (QED) is 0.0458. The topological polar surface area (TPSA) is 202 Å². The molecule has 6 amide bonds. The third-order valence-electron chi connectivity index (χ3n) is 7.98. The Hall–Kier alpha value is 1.02. The van der Waals surface area contributed by atoms with Crippen LogP contribution in [-0.4, -0.2) is 118 Å². The first kappa shape index (κ1) is 58.0. The van der Waals surface area contributed by atoms with Gasteiger partial charge in [0.2, 0.25) is 24.1 Å². The van der Waals surface area contributed by atoms with Crippen LogP contribution in [-0.2, 0) is 43.0 Å². The average Bonchev–Trinajstić information content (AvgIpc) is 3.06. The van der Waals surface area contributed by atoms with Crippen molar-refractivity contribution in [3.05, 3.63) is 0 Å². The smallest absolute Gasteiger partial charge is 0.259 e. The number of halogens is 9. The number of rotatable bonds is 25. The van der Waals surface area contributed by atoms with Crippen molar-refractivity contribution in [1.82, 2.24) is 31.9 Å². The van der Waals surface area contributed by atoms with E-state index < -0.39 is 46.2 Å². The van der Waals surface area contributed by atoms with Crippen molar-refractivity contribution in [3.8, 4) is 0 Å². The van der Waals surface area contributed by atoms with E-state index in [1.165, 1.54) is 0 Å². The molecule has 0 aromatic heterocycles. The van der Waals surface area contributed by atoms with Crippen LogP contribution in [0.25, 0.3) is 0 Å². The minimum atomic E-state index is -1.19. The summed E-state index contributed by atoms with van der Waals surface area (Å²) in [6.07, 6.45) is 2.17. The van der Waals surface area contributed by atoms with Crippen molar-refractivity contribution in [3.63, 3.8) is 0 Å². The van der Waals surface area contributed by atoms with E-state index in [4.69, 9.17) is 14.2 Å². The Bertz CT molecular complexity index is 1200. The van der Waals surface area contributed by atoms with Gasteiger partial charge >= 0.3 is 0 Å². The summed E-state index contributed by atoms with van der Waals surface area (Å²) < 4.78 is 14.6. The van der Waals surface area contributed by atoms with Gasteiger partial charge < -0.3 is 46.1 Å². The van der Waals surface area contributed by atoms with Gasteiger partial charge in [0.1, 0.15) is 16.6 Å². The molecule has 0 bridgehead atoms. The zero-order valence-electron chi connectivity index (χ0n) is 32.8. The van der Waals surface area contributed by atoms with E-state index in [1.54, 1.807) is 41.5 Å². The second-order valence-electron chi connectivity index (χ2n) is 14.6. The number of ether oxygens (including phenoxy) is 3. The Morgan fingerprint density at radius 3 is 0.842 bits per heavy atom. The monoisotopic (exact) mass is 1390 g/mol. The van der Waals surface area contributed by atoms with Crippen molar-refractivity contribution >= 4 is 179 Å². The number of hydrogen-bond acceptors (Lipinski definition) is 9. The molecule has 0 radical (unpaired) electrons. The molecule has 0 unspecified atom stereocenters. The molecule has 0 fully saturated rings. The highest BCUT2D eigenvalue weighted by Gasteiger charge is 2.39. The summed E-state index contributed by atoms with van der Waals surface area (Å²) in [5.74, 6) is -2.48. The van der Waals surface area contributed by atoms with Crippen LogP contribution in [0.4, 0.5) is 0 Å². The molecule has 0 rings (SSSR count). The normalized spacial score (nSPS) is 13.1. The molecule has 15 nitrogen and oxygen atoms in total. The standard InChI is InChI=1S/C33H53Br9N6O9/c1-8-30(18-55-15-9-12-43-21(49)27(2,3)46-24(52)31(34,35)36,19-56-16-10-13-44-22(50)28(4,5)47-25(53)32(37,38)39)20-57-17-11-14-45-23(51)29(6,7)48-26(54)33(40,41)42/h8-20H2,1-7H3,(H,43,49)(H,44,50)(H,45,51)(H,46,52)(H,47,53)(H,48,54). The van der Waals surface area contributed by atoms with Crippen molar-refractivity contribution < 1.29 is 43.0 Å². The SMILES string of the molecule is CCC(COCCCNC(=O)C(C)(C)NC(=O)C(Br)(Br)Br)(COCCCNC(=O)C(C)(C)NC(=O)C(Br)(Br)Br)COCCCNC(=O)C(C)(C)NC(=O)C(Br)(Br)Br. The van der Waals surface area contributed by atoms with Crippen molar-refractivity contribution in [1.29, 1.82) is 0 Å². The molecule has 57 heavy (non-hydrogen) atoms. The molecule has 24 heteroatoms. The largest absolute Gasteiger partial charge is 0.381 e.